The van der Waals surface area contributed by atoms with E-state index in [-0.39, 0.29) is 36.3 Å². The minimum Gasteiger partial charge on any atom is -0.467 e. The van der Waals surface area contributed by atoms with Crippen molar-refractivity contribution in [2.24, 2.45) is 5.92 Å². The van der Waals surface area contributed by atoms with Gasteiger partial charge in [0.05, 0.1) is 25.7 Å². The third kappa shape index (κ3) is 4.65. The fraction of sp³-hybridized carbons (Fsp3) is 0.545. The molecule has 2 aromatic rings. The van der Waals surface area contributed by atoms with Crippen LogP contribution in [0.25, 0.3) is 0 Å². The van der Waals surface area contributed by atoms with Crippen molar-refractivity contribution in [2.45, 2.75) is 59.2 Å². The van der Waals surface area contributed by atoms with Crippen molar-refractivity contribution in [3.63, 3.8) is 0 Å². The molecule has 2 N–H and O–H groups in total. The van der Waals surface area contributed by atoms with Crippen LogP contribution >= 0.6 is 0 Å². The summed E-state index contributed by atoms with van der Waals surface area (Å²) < 4.78 is 6.83. The summed E-state index contributed by atoms with van der Waals surface area (Å²) in [5.74, 6) is 0.0506. The van der Waals surface area contributed by atoms with Crippen molar-refractivity contribution in [1.29, 1.82) is 0 Å². The Labute approximate surface area is 182 Å². The van der Waals surface area contributed by atoms with Gasteiger partial charge in [0.25, 0.3) is 11.8 Å². The van der Waals surface area contributed by atoms with Crippen LogP contribution in [-0.2, 0) is 17.9 Å². The van der Waals surface area contributed by atoms with Crippen molar-refractivity contribution in [2.75, 3.05) is 13.1 Å². The Morgan fingerprint density at radius 3 is 2.74 bits per heavy atom. The summed E-state index contributed by atoms with van der Waals surface area (Å²) in [5, 5.41) is 5.70. The minimum absolute atomic E-state index is 0.0555. The molecule has 0 aliphatic carbocycles. The highest BCUT2D eigenvalue weighted by molar-refractivity contribution is 6.07. The van der Waals surface area contributed by atoms with E-state index in [0.717, 1.165) is 6.42 Å². The molecule has 168 valence electrons. The topological polar surface area (TPSA) is 109 Å². The van der Waals surface area contributed by atoms with Gasteiger partial charge in [0, 0.05) is 13.1 Å². The highest BCUT2D eigenvalue weighted by Crippen LogP contribution is 2.29. The Balaban J connectivity index is 1.82. The molecular formula is C22H31N5O4. The lowest BCUT2D eigenvalue weighted by Gasteiger charge is -2.43. The van der Waals surface area contributed by atoms with E-state index in [4.69, 9.17) is 4.42 Å². The number of imidazole rings is 1. The van der Waals surface area contributed by atoms with E-state index >= 15 is 0 Å². The van der Waals surface area contributed by atoms with Gasteiger partial charge in [0.1, 0.15) is 17.0 Å². The molecule has 0 unspecified atom stereocenters. The second-order valence-electron chi connectivity index (χ2n) is 8.50. The van der Waals surface area contributed by atoms with Crippen molar-refractivity contribution >= 4 is 17.7 Å². The molecular weight excluding hydrogens is 398 g/mol. The predicted octanol–water partition coefficient (Wildman–Crippen LogP) is 2.19. The number of carbonyl (C=O) groups is 3. The number of furan rings is 1. The predicted molar refractivity (Wildman–Crippen MR) is 114 cm³/mol. The molecule has 0 bridgehead atoms. The van der Waals surface area contributed by atoms with Crippen LogP contribution in [0.5, 0.6) is 0 Å². The van der Waals surface area contributed by atoms with E-state index < -0.39 is 11.4 Å². The van der Waals surface area contributed by atoms with E-state index in [1.165, 1.54) is 12.6 Å². The van der Waals surface area contributed by atoms with Gasteiger partial charge in [-0.25, -0.2) is 4.98 Å². The summed E-state index contributed by atoms with van der Waals surface area (Å²) in [6.07, 6.45) is 4.53. The molecule has 0 fully saturated rings. The summed E-state index contributed by atoms with van der Waals surface area (Å²) in [7, 11) is 0. The van der Waals surface area contributed by atoms with Gasteiger partial charge < -0.3 is 24.5 Å². The number of fused-ring (bicyclic) bond motifs is 1. The molecule has 9 heteroatoms. The number of hydrogen-bond donors (Lipinski definition) is 2. The van der Waals surface area contributed by atoms with Gasteiger partial charge in [0.15, 0.2) is 5.69 Å². The van der Waals surface area contributed by atoms with Crippen LogP contribution in [-0.4, -0.2) is 50.8 Å². The summed E-state index contributed by atoms with van der Waals surface area (Å²) in [6, 6.07) is 3.49. The first-order chi connectivity index (χ1) is 14.8. The van der Waals surface area contributed by atoms with E-state index in [1.807, 2.05) is 6.92 Å². The zero-order valence-corrected chi connectivity index (χ0v) is 18.6. The van der Waals surface area contributed by atoms with Gasteiger partial charge in [0.2, 0.25) is 5.91 Å². The molecule has 0 spiro atoms. The van der Waals surface area contributed by atoms with Gasteiger partial charge in [-0.3, -0.25) is 14.4 Å². The lowest BCUT2D eigenvalue weighted by atomic mass is 9.93. The van der Waals surface area contributed by atoms with Crippen LogP contribution < -0.4 is 10.6 Å². The number of carbonyl (C=O) groups excluding carboxylic acids is 3. The maximum absolute atomic E-state index is 13.4. The number of nitrogens with one attached hydrogen (secondary N) is 2. The molecule has 3 heterocycles. The van der Waals surface area contributed by atoms with Crippen molar-refractivity contribution in [1.82, 2.24) is 25.1 Å². The Morgan fingerprint density at radius 1 is 1.32 bits per heavy atom. The molecule has 0 aromatic carbocycles. The molecule has 1 aliphatic rings. The standard InChI is InChI=1S/C22H31N5O4/c1-5-10-27-20(29)18-17(19(28)24-12-16-7-6-11-31-16)25-14-26(18)13-22(27,4)21(30)23-9-8-15(2)3/h6-7,11,14-15H,5,8-10,12-13H2,1-4H3,(H,23,30)(H,24,28)/t22-/m1/s1. The van der Waals surface area contributed by atoms with E-state index in [0.29, 0.717) is 31.2 Å². The van der Waals surface area contributed by atoms with Crippen molar-refractivity contribution in [3.05, 3.63) is 41.9 Å². The van der Waals surface area contributed by atoms with Gasteiger partial charge in [-0.2, -0.15) is 0 Å². The third-order valence-electron chi connectivity index (χ3n) is 5.52. The van der Waals surface area contributed by atoms with E-state index in [2.05, 4.69) is 29.5 Å². The third-order valence-corrected chi connectivity index (χ3v) is 5.52. The van der Waals surface area contributed by atoms with Gasteiger partial charge in [-0.1, -0.05) is 20.8 Å². The first kappa shape index (κ1) is 22.6. The number of rotatable bonds is 9. The maximum Gasteiger partial charge on any atom is 0.273 e. The first-order valence-corrected chi connectivity index (χ1v) is 10.7. The molecule has 0 radical (unpaired) electrons. The lowest BCUT2D eigenvalue weighted by molar-refractivity contribution is -0.132. The minimum atomic E-state index is -1.06. The SMILES string of the molecule is CCCN1C(=O)c2c(C(=O)NCc3ccco3)ncn2C[C@]1(C)C(=O)NCCC(C)C. The number of nitrogens with zero attached hydrogens (tertiary/aromatic N) is 3. The second-order valence-corrected chi connectivity index (χ2v) is 8.50. The van der Waals surface area contributed by atoms with E-state index in [1.54, 1.807) is 28.5 Å². The zero-order valence-electron chi connectivity index (χ0n) is 18.6. The van der Waals surface area contributed by atoms with Gasteiger partial charge >= 0.3 is 0 Å². The summed E-state index contributed by atoms with van der Waals surface area (Å²) in [5.41, 5.74) is -0.794. The number of hydrogen-bond acceptors (Lipinski definition) is 5. The zero-order chi connectivity index (χ0) is 22.6. The monoisotopic (exact) mass is 429 g/mol. The Bertz CT molecular complexity index is 934. The van der Waals surface area contributed by atoms with Crippen LogP contribution in [0.2, 0.25) is 0 Å². The molecule has 9 nitrogen and oxygen atoms in total. The summed E-state index contributed by atoms with van der Waals surface area (Å²) >= 11 is 0. The van der Waals surface area contributed by atoms with Crippen LogP contribution in [0.3, 0.4) is 0 Å². The average molecular weight is 430 g/mol. The molecule has 3 rings (SSSR count). The van der Waals surface area contributed by atoms with Crippen LogP contribution in [0.1, 0.15) is 67.3 Å². The molecule has 0 saturated carbocycles. The molecule has 0 saturated heterocycles. The molecule has 2 aromatic heterocycles. The fourth-order valence-corrected chi connectivity index (χ4v) is 3.76. The largest absolute Gasteiger partial charge is 0.467 e. The van der Waals surface area contributed by atoms with Gasteiger partial charge in [-0.15, -0.1) is 0 Å². The first-order valence-electron chi connectivity index (χ1n) is 10.7. The fourth-order valence-electron chi connectivity index (χ4n) is 3.76. The van der Waals surface area contributed by atoms with Crippen LogP contribution in [0.15, 0.2) is 29.1 Å². The average Bonchev–Trinajstić information content (AvgIpc) is 3.38. The van der Waals surface area contributed by atoms with Gasteiger partial charge in [-0.05, 0) is 37.8 Å². The second kappa shape index (κ2) is 9.36. The van der Waals surface area contributed by atoms with Crippen molar-refractivity contribution < 1.29 is 18.8 Å². The smallest absolute Gasteiger partial charge is 0.273 e. The maximum atomic E-state index is 13.4. The summed E-state index contributed by atoms with van der Waals surface area (Å²) in [4.78, 5) is 45.0. The Hall–Kier alpha value is -3.10. The molecule has 31 heavy (non-hydrogen) atoms. The highest BCUT2D eigenvalue weighted by Gasteiger charge is 2.48. The Morgan fingerprint density at radius 2 is 2.10 bits per heavy atom. The summed E-state index contributed by atoms with van der Waals surface area (Å²) in [6.45, 7) is 9.30. The lowest BCUT2D eigenvalue weighted by Crippen LogP contribution is -2.64. The van der Waals surface area contributed by atoms with Crippen LogP contribution in [0.4, 0.5) is 0 Å². The Kier molecular flexibility index (Phi) is 6.82. The molecule has 3 amide bonds. The van der Waals surface area contributed by atoms with Crippen LogP contribution in [0, 0.1) is 5.92 Å². The normalized spacial score (nSPS) is 18.2. The highest BCUT2D eigenvalue weighted by atomic mass is 16.3. The quantitative estimate of drug-likeness (QED) is 0.635. The molecule has 1 aliphatic heterocycles. The van der Waals surface area contributed by atoms with Crippen molar-refractivity contribution in [3.8, 4) is 0 Å². The van der Waals surface area contributed by atoms with E-state index in [9.17, 15) is 14.4 Å². The molecule has 1 atom stereocenters. The number of amides is 3. The number of aromatic nitrogens is 2.